The van der Waals surface area contributed by atoms with Crippen LogP contribution in [0.25, 0.3) is 0 Å². The molecule has 1 atom stereocenters. The molecule has 1 unspecified atom stereocenters. The minimum absolute atomic E-state index is 0.104. The average molecular weight is 175 g/mol. The summed E-state index contributed by atoms with van der Waals surface area (Å²) in [5.74, 6) is 0. The Morgan fingerprint density at radius 1 is 1.38 bits per heavy atom. The fraction of sp³-hybridized carbons (Fsp3) is 0.333. The molecule has 0 bridgehead atoms. The molecule has 0 saturated heterocycles. The minimum atomic E-state index is 0.104. The first-order valence-corrected chi connectivity index (χ1v) is 4.71. The largest absolute Gasteiger partial charge is 0.324 e. The Balaban J connectivity index is 2.55. The highest BCUT2D eigenvalue weighted by atomic mass is 14.6. The molecule has 0 spiro atoms. The molecule has 0 heterocycles. The third kappa shape index (κ3) is 3.03. The predicted molar refractivity (Wildman–Crippen MR) is 57.6 cm³/mol. The summed E-state index contributed by atoms with van der Waals surface area (Å²) in [7, 11) is 0. The summed E-state index contributed by atoms with van der Waals surface area (Å²) in [6, 6.07) is 10.4. The van der Waals surface area contributed by atoms with E-state index < -0.39 is 0 Å². The SMILES string of the molecule is C=C(CC)C(N)Cc1ccccc1. The first-order valence-electron chi connectivity index (χ1n) is 4.71. The fourth-order valence-electron chi connectivity index (χ4n) is 1.27. The number of hydrogen-bond donors (Lipinski definition) is 1. The van der Waals surface area contributed by atoms with E-state index in [1.54, 1.807) is 0 Å². The topological polar surface area (TPSA) is 26.0 Å². The van der Waals surface area contributed by atoms with Gasteiger partial charge in [-0.25, -0.2) is 0 Å². The first-order chi connectivity index (χ1) is 6.24. The second kappa shape index (κ2) is 4.83. The Hall–Kier alpha value is -1.08. The van der Waals surface area contributed by atoms with Gasteiger partial charge in [0.25, 0.3) is 0 Å². The van der Waals surface area contributed by atoms with Gasteiger partial charge in [-0.05, 0) is 18.4 Å². The molecular formula is C12H17N. The van der Waals surface area contributed by atoms with Gasteiger partial charge in [-0.1, -0.05) is 49.4 Å². The molecule has 0 amide bonds. The highest BCUT2D eigenvalue weighted by Gasteiger charge is 2.05. The van der Waals surface area contributed by atoms with Crippen molar-refractivity contribution in [3.05, 3.63) is 48.0 Å². The third-order valence-corrected chi connectivity index (χ3v) is 2.28. The van der Waals surface area contributed by atoms with Crippen molar-refractivity contribution in [2.24, 2.45) is 5.73 Å². The zero-order valence-corrected chi connectivity index (χ0v) is 8.16. The van der Waals surface area contributed by atoms with Gasteiger partial charge in [-0.15, -0.1) is 0 Å². The minimum Gasteiger partial charge on any atom is -0.324 e. The fourth-order valence-corrected chi connectivity index (χ4v) is 1.27. The lowest BCUT2D eigenvalue weighted by molar-refractivity contribution is 0.738. The van der Waals surface area contributed by atoms with E-state index in [4.69, 9.17) is 5.73 Å². The van der Waals surface area contributed by atoms with Crippen molar-refractivity contribution in [2.75, 3.05) is 0 Å². The van der Waals surface area contributed by atoms with E-state index in [1.807, 2.05) is 18.2 Å². The van der Waals surface area contributed by atoms with Gasteiger partial charge in [-0.2, -0.15) is 0 Å². The molecule has 1 rings (SSSR count). The maximum Gasteiger partial charge on any atom is 0.0291 e. The lowest BCUT2D eigenvalue weighted by Gasteiger charge is -2.12. The van der Waals surface area contributed by atoms with Crippen LogP contribution in [-0.2, 0) is 6.42 Å². The zero-order valence-electron chi connectivity index (χ0n) is 8.16. The molecule has 0 aliphatic carbocycles. The molecule has 0 aliphatic heterocycles. The molecule has 0 aromatic heterocycles. The van der Waals surface area contributed by atoms with Crippen molar-refractivity contribution < 1.29 is 0 Å². The van der Waals surface area contributed by atoms with Gasteiger partial charge in [0.1, 0.15) is 0 Å². The average Bonchev–Trinajstić information content (AvgIpc) is 2.18. The van der Waals surface area contributed by atoms with Crippen molar-refractivity contribution >= 4 is 0 Å². The summed E-state index contributed by atoms with van der Waals surface area (Å²) >= 11 is 0. The van der Waals surface area contributed by atoms with Crippen molar-refractivity contribution in [1.82, 2.24) is 0 Å². The van der Waals surface area contributed by atoms with Gasteiger partial charge in [0.05, 0.1) is 0 Å². The normalized spacial score (nSPS) is 12.5. The van der Waals surface area contributed by atoms with Crippen LogP contribution in [0.1, 0.15) is 18.9 Å². The Labute approximate surface area is 80.3 Å². The first kappa shape index (κ1) is 10.0. The standard InChI is InChI=1S/C12H17N/c1-3-10(2)12(13)9-11-7-5-4-6-8-11/h4-8,12H,2-3,9,13H2,1H3. The summed E-state index contributed by atoms with van der Waals surface area (Å²) in [4.78, 5) is 0. The van der Waals surface area contributed by atoms with Gasteiger partial charge in [0, 0.05) is 6.04 Å². The second-order valence-electron chi connectivity index (χ2n) is 3.31. The summed E-state index contributed by atoms with van der Waals surface area (Å²) in [6.07, 6.45) is 1.86. The number of rotatable bonds is 4. The Bertz CT molecular complexity index is 264. The molecule has 1 heteroatoms. The quantitative estimate of drug-likeness (QED) is 0.699. The Morgan fingerprint density at radius 3 is 2.54 bits per heavy atom. The zero-order chi connectivity index (χ0) is 9.68. The van der Waals surface area contributed by atoms with E-state index in [-0.39, 0.29) is 6.04 Å². The lowest BCUT2D eigenvalue weighted by atomic mass is 9.99. The van der Waals surface area contributed by atoms with Crippen LogP contribution >= 0.6 is 0 Å². The van der Waals surface area contributed by atoms with Crippen LogP contribution in [0.15, 0.2) is 42.5 Å². The van der Waals surface area contributed by atoms with Crippen LogP contribution in [0.3, 0.4) is 0 Å². The van der Waals surface area contributed by atoms with E-state index in [9.17, 15) is 0 Å². The van der Waals surface area contributed by atoms with Crippen LogP contribution in [0.5, 0.6) is 0 Å². The van der Waals surface area contributed by atoms with Crippen molar-refractivity contribution in [2.45, 2.75) is 25.8 Å². The molecule has 1 nitrogen and oxygen atoms in total. The van der Waals surface area contributed by atoms with Crippen molar-refractivity contribution in [1.29, 1.82) is 0 Å². The van der Waals surface area contributed by atoms with Crippen LogP contribution in [0.4, 0.5) is 0 Å². The van der Waals surface area contributed by atoms with Crippen LogP contribution in [0, 0.1) is 0 Å². The molecule has 0 radical (unpaired) electrons. The lowest BCUT2D eigenvalue weighted by Crippen LogP contribution is -2.24. The van der Waals surface area contributed by atoms with Crippen LogP contribution < -0.4 is 5.73 Å². The number of benzene rings is 1. The third-order valence-electron chi connectivity index (χ3n) is 2.28. The van der Waals surface area contributed by atoms with E-state index in [0.29, 0.717) is 0 Å². The molecule has 1 aromatic carbocycles. The van der Waals surface area contributed by atoms with Gasteiger partial charge >= 0.3 is 0 Å². The van der Waals surface area contributed by atoms with Gasteiger partial charge in [-0.3, -0.25) is 0 Å². The maximum absolute atomic E-state index is 5.96. The van der Waals surface area contributed by atoms with E-state index in [2.05, 4.69) is 25.6 Å². The number of nitrogens with two attached hydrogens (primary N) is 1. The maximum atomic E-state index is 5.96. The monoisotopic (exact) mass is 175 g/mol. The molecule has 70 valence electrons. The number of hydrogen-bond acceptors (Lipinski definition) is 1. The van der Waals surface area contributed by atoms with E-state index in [0.717, 1.165) is 18.4 Å². The summed E-state index contributed by atoms with van der Waals surface area (Å²) < 4.78 is 0. The van der Waals surface area contributed by atoms with E-state index >= 15 is 0 Å². The second-order valence-corrected chi connectivity index (χ2v) is 3.31. The van der Waals surface area contributed by atoms with Gasteiger partial charge in [0.2, 0.25) is 0 Å². The predicted octanol–water partition coefficient (Wildman–Crippen LogP) is 2.52. The molecule has 1 aromatic rings. The van der Waals surface area contributed by atoms with E-state index in [1.165, 1.54) is 5.56 Å². The van der Waals surface area contributed by atoms with Gasteiger partial charge < -0.3 is 5.73 Å². The molecule has 2 N–H and O–H groups in total. The summed E-state index contributed by atoms with van der Waals surface area (Å²) in [5.41, 5.74) is 8.37. The molecule has 0 aliphatic rings. The van der Waals surface area contributed by atoms with Crippen LogP contribution in [0.2, 0.25) is 0 Å². The van der Waals surface area contributed by atoms with Crippen LogP contribution in [-0.4, -0.2) is 6.04 Å². The molecule has 0 saturated carbocycles. The molecular weight excluding hydrogens is 158 g/mol. The summed E-state index contributed by atoms with van der Waals surface area (Å²) in [5, 5.41) is 0. The molecule has 0 fully saturated rings. The summed E-state index contributed by atoms with van der Waals surface area (Å²) in [6.45, 7) is 6.03. The van der Waals surface area contributed by atoms with Crippen molar-refractivity contribution in [3.63, 3.8) is 0 Å². The highest BCUT2D eigenvalue weighted by Crippen LogP contribution is 2.08. The Morgan fingerprint density at radius 2 is 2.00 bits per heavy atom. The Kier molecular flexibility index (Phi) is 3.71. The smallest absolute Gasteiger partial charge is 0.0291 e. The molecule has 13 heavy (non-hydrogen) atoms. The highest BCUT2D eigenvalue weighted by molar-refractivity contribution is 5.19. The van der Waals surface area contributed by atoms with Crippen molar-refractivity contribution in [3.8, 4) is 0 Å². The van der Waals surface area contributed by atoms with Gasteiger partial charge in [0.15, 0.2) is 0 Å².